The van der Waals surface area contributed by atoms with Crippen molar-refractivity contribution in [2.24, 2.45) is 7.05 Å². The third kappa shape index (κ3) is 2.72. The third-order valence-corrected chi connectivity index (χ3v) is 5.01. The van der Waals surface area contributed by atoms with E-state index in [-0.39, 0.29) is 5.78 Å². The van der Waals surface area contributed by atoms with Crippen LogP contribution in [0.2, 0.25) is 0 Å². The predicted octanol–water partition coefficient (Wildman–Crippen LogP) is 3.22. The number of halogens is 1. The highest BCUT2D eigenvalue weighted by molar-refractivity contribution is 9.10. The second kappa shape index (κ2) is 5.36. The van der Waals surface area contributed by atoms with E-state index in [9.17, 15) is 4.79 Å². The fraction of sp³-hybridized carbons (Fsp3) is 0.385. The molecule has 0 aromatic carbocycles. The van der Waals surface area contributed by atoms with E-state index in [0.29, 0.717) is 12.8 Å². The summed E-state index contributed by atoms with van der Waals surface area (Å²) in [6.07, 6.45) is 0.960. The Morgan fingerprint density at radius 1 is 1.44 bits per heavy atom. The highest BCUT2D eigenvalue weighted by Gasteiger charge is 2.15. The van der Waals surface area contributed by atoms with Gasteiger partial charge >= 0.3 is 0 Å². The van der Waals surface area contributed by atoms with E-state index < -0.39 is 0 Å². The van der Waals surface area contributed by atoms with Crippen LogP contribution in [0.5, 0.6) is 0 Å². The summed E-state index contributed by atoms with van der Waals surface area (Å²) in [5, 5.41) is 6.33. The molecule has 2 rings (SSSR count). The molecule has 3 nitrogen and oxygen atoms in total. The predicted molar refractivity (Wildman–Crippen MR) is 77.1 cm³/mol. The normalized spacial score (nSPS) is 10.9. The number of ketones is 1. The van der Waals surface area contributed by atoms with Gasteiger partial charge in [0.2, 0.25) is 0 Å². The van der Waals surface area contributed by atoms with Crippen LogP contribution in [0.3, 0.4) is 0 Å². The summed E-state index contributed by atoms with van der Waals surface area (Å²) in [6, 6.07) is 1.98. The fourth-order valence-corrected chi connectivity index (χ4v) is 3.48. The van der Waals surface area contributed by atoms with Crippen molar-refractivity contribution < 1.29 is 4.79 Å². The van der Waals surface area contributed by atoms with Gasteiger partial charge in [-0.1, -0.05) is 0 Å². The van der Waals surface area contributed by atoms with Gasteiger partial charge in [0.25, 0.3) is 0 Å². The van der Waals surface area contributed by atoms with Crippen LogP contribution in [0, 0.1) is 13.8 Å². The average molecular weight is 327 g/mol. The smallest absolute Gasteiger partial charge is 0.142 e. The molecule has 0 aliphatic rings. The number of hydrogen-bond donors (Lipinski definition) is 0. The summed E-state index contributed by atoms with van der Waals surface area (Å²) in [7, 11) is 1.91. The largest absolute Gasteiger partial charge is 0.299 e. The Morgan fingerprint density at radius 3 is 2.67 bits per heavy atom. The van der Waals surface area contributed by atoms with E-state index in [0.717, 1.165) is 26.3 Å². The van der Waals surface area contributed by atoms with Gasteiger partial charge < -0.3 is 0 Å². The van der Waals surface area contributed by atoms with Crippen molar-refractivity contribution in [3.8, 4) is 0 Å². The average Bonchev–Trinajstić information content (AvgIpc) is 2.79. The van der Waals surface area contributed by atoms with E-state index in [2.05, 4.69) is 21.0 Å². The molecule has 2 heterocycles. The molecule has 0 unspecified atom stereocenters. The summed E-state index contributed by atoms with van der Waals surface area (Å²) in [4.78, 5) is 13.2. The maximum absolute atomic E-state index is 12.1. The van der Waals surface area contributed by atoms with Gasteiger partial charge in [-0.25, -0.2) is 0 Å². The number of aromatic nitrogens is 2. The molecule has 0 radical (unpaired) electrons. The Balaban J connectivity index is 2.10. The lowest BCUT2D eigenvalue weighted by atomic mass is 10.0. The monoisotopic (exact) mass is 326 g/mol. The van der Waals surface area contributed by atoms with Crippen LogP contribution in [0.4, 0.5) is 0 Å². The molecule has 0 fully saturated rings. The minimum Gasteiger partial charge on any atom is -0.299 e. The molecule has 0 saturated heterocycles. The van der Waals surface area contributed by atoms with Gasteiger partial charge in [0.1, 0.15) is 5.78 Å². The van der Waals surface area contributed by atoms with E-state index >= 15 is 0 Å². The maximum Gasteiger partial charge on any atom is 0.142 e. The molecule has 5 heteroatoms. The Morgan fingerprint density at radius 2 is 2.17 bits per heavy atom. The molecule has 0 aliphatic heterocycles. The van der Waals surface area contributed by atoms with Crippen molar-refractivity contribution >= 4 is 33.0 Å². The van der Waals surface area contributed by atoms with Crippen molar-refractivity contribution in [2.75, 3.05) is 0 Å². The number of aryl methyl sites for hydroxylation is 2. The number of nitrogens with zero attached hydrogens (tertiary/aromatic N) is 2. The summed E-state index contributed by atoms with van der Waals surface area (Å²) < 4.78 is 2.86. The topological polar surface area (TPSA) is 34.9 Å². The van der Waals surface area contributed by atoms with Crippen molar-refractivity contribution in [2.45, 2.75) is 26.7 Å². The molecule has 0 atom stereocenters. The van der Waals surface area contributed by atoms with Crippen molar-refractivity contribution in [3.05, 3.63) is 37.7 Å². The minimum atomic E-state index is 0.234. The summed E-state index contributed by atoms with van der Waals surface area (Å²) >= 11 is 5.07. The quantitative estimate of drug-likeness (QED) is 0.864. The Labute approximate surface area is 119 Å². The number of rotatable bonds is 4. The molecule has 2 aromatic rings. The maximum atomic E-state index is 12.1. The number of carbonyl (C=O) groups excluding carboxylic acids is 1. The van der Waals surface area contributed by atoms with Crippen LogP contribution in [-0.2, 0) is 24.7 Å². The van der Waals surface area contributed by atoms with Gasteiger partial charge in [-0.15, -0.1) is 11.3 Å². The molecule has 0 saturated carbocycles. The first-order chi connectivity index (χ1) is 8.49. The summed E-state index contributed by atoms with van der Waals surface area (Å²) in [5.41, 5.74) is 3.09. The molecule has 2 aromatic heterocycles. The second-order valence-electron chi connectivity index (χ2n) is 4.36. The van der Waals surface area contributed by atoms with Gasteiger partial charge in [0.05, 0.1) is 5.69 Å². The van der Waals surface area contributed by atoms with Gasteiger partial charge in [0.15, 0.2) is 0 Å². The molecular weight excluding hydrogens is 312 g/mol. The lowest BCUT2D eigenvalue weighted by Gasteiger charge is -2.01. The first kappa shape index (κ1) is 13.5. The lowest BCUT2D eigenvalue weighted by molar-refractivity contribution is -0.117. The summed E-state index contributed by atoms with van der Waals surface area (Å²) in [6.45, 7) is 3.96. The first-order valence-corrected chi connectivity index (χ1v) is 7.39. The van der Waals surface area contributed by atoms with Gasteiger partial charge in [-0.3, -0.25) is 9.48 Å². The summed E-state index contributed by atoms with van der Waals surface area (Å²) in [5.74, 6) is 0.234. The van der Waals surface area contributed by atoms with E-state index in [1.807, 2.05) is 37.0 Å². The van der Waals surface area contributed by atoms with E-state index in [1.54, 1.807) is 11.3 Å². The molecule has 0 spiro atoms. The van der Waals surface area contributed by atoms with Crippen LogP contribution < -0.4 is 0 Å². The third-order valence-electron chi connectivity index (χ3n) is 3.08. The van der Waals surface area contributed by atoms with Crippen LogP contribution >= 0.6 is 27.3 Å². The van der Waals surface area contributed by atoms with E-state index in [4.69, 9.17) is 0 Å². The zero-order chi connectivity index (χ0) is 13.3. The molecule has 0 aliphatic carbocycles. The zero-order valence-corrected chi connectivity index (χ0v) is 13.1. The van der Waals surface area contributed by atoms with Crippen LogP contribution in [0.25, 0.3) is 0 Å². The van der Waals surface area contributed by atoms with E-state index in [1.165, 1.54) is 0 Å². The number of thiophene rings is 1. The van der Waals surface area contributed by atoms with Crippen molar-refractivity contribution in [1.29, 1.82) is 0 Å². The van der Waals surface area contributed by atoms with Crippen molar-refractivity contribution in [1.82, 2.24) is 9.78 Å². The first-order valence-electron chi connectivity index (χ1n) is 5.71. The number of carbonyl (C=O) groups is 1. The molecule has 0 amide bonds. The van der Waals surface area contributed by atoms with Gasteiger partial charge in [-0.05, 0) is 41.2 Å². The van der Waals surface area contributed by atoms with Gasteiger partial charge in [0, 0.05) is 40.5 Å². The lowest BCUT2D eigenvalue weighted by Crippen LogP contribution is -2.07. The van der Waals surface area contributed by atoms with Crippen LogP contribution in [0.15, 0.2) is 15.9 Å². The fourth-order valence-electron chi connectivity index (χ4n) is 1.96. The highest BCUT2D eigenvalue weighted by atomic mass is 79.9. The van der Waals surface area contributed by atoms with Crippen molar-refractivity contribution in [3.63, 3.8) is 0 Å². The van der Waals surface area contributed by atoms with Crippen LogP contribution in [-0.4, -0.2) is 15.6 Å². The molecule has 0 bridgehead atoms. The zero-order valence-electron chi connectivity index (χ0n) is 10.7. The standard InChI is InChI=1S/C13H15BrN2OS/c1-8-11(9(2)16(3)15-8)6-10(17)7-13-12(14)4-5-18-13/h4-5H,6-7H2,1-3H3. The van der Waals surface area contributed by atoms with Gasteiger partial charge in [-0.2, -0.15) is 5.10 Å². The highest BCUT2D eigenvalue weighted by Crippen LogP contribution is 2.24. The Kier molecular flexibility index (Phi) is 4.02. The molecule has 18 heavy (non-hydrogen) atoms. The Hall–Kier alpha value is -0.940. The SMILES string of the molecule is Cc1nn(C)c(C)c1CC(=O)Cc1sccc1Br. The molecule has 0 N–H and O–H groups in total. The second-order valence-corrected chi connectivity index (χ2v) is 6.21. The molecule has 96 valence electrons. The Bertz CT molecular complexity index is 586. The molecular formula is C13H15BrN2OS. The number of Topliss-reactive ketones (excluding diaryl/α,β-unsaturated/α-hetero) is 1. The van der Waals surface area contributed by atoms with Crippen LogP contribution in [0.1, 0.15) is 21.8 Å². The minimum absolute atomic E-state index is 0.234. The number of hydrogen-bond acceptors (Lipinski definition) is 3.